The van der Waals surface area contributed by atoms with Crippen LogP contribution in [0, 0.1) is 11.7 Å². The maximum absolute atomic E-state index is 13.3. The van der Waals surface area contributed by atoms with Crippen molar-refractivity contribution >= 4 is 17.7 Å². The van der Waals surface area contributed by atoms with Crippen molar-refractivity contribution in [2.24, 2.45) is 5.92 Å². The van der Waals surface area contributed by atoms with Gasteiger partial charge in [-0.15, -0.1) is 0 Å². The Hall–Kier alpha value is -2.44. The summed E-state index contributed by atoms with van der Waals surface area (Å²) < 4.78 is 13.3. The number of hydrogen-bond acceptors (Lipinski definition) is 3. The molecule has 1 N–H and O–H groups in total. The maximum atomic E-state index is 13.3. The zero-order chi connectivity index (χ0) is 20.5. The van der Waals surface area contributed by atoms with Crippen molar-refractivity contribution in [1.29, 1.82) is 0 Å². The second kappa shape index (κ2) is 7.89. The van der Waals surface area contributed by atoms with Crippen molar-refractivity contribution in [3.8, 4) is 0 Å². The predicted octanol–water partition coefficient (Wildman–Crippen LogP) is 2.19. The molecule has 28 heavy (non-hydrogen) atoms. The van der Waals surface area contributed by atoms with Crippen LogP contribution in [-0.4, -0.2) is 58.7 Å². The van der Waals surface area contributed by atoms with E-state index >= 15 is 0 Å². The van der Waals surface area contributed by atoms with Crippen LogP contribution in [0.15, 0.2) is 24.3 Å². The largest absolute Gasteiger partial charge is 0.353 e. The molecular weight excluding hydrogens is 361 g/mol. The van der Waals surface area contributed by atoms with E-state index in [2.05, 4.69) is 5.32 Å². The van der Waals surface area contributed by atoms with Gasteiger partial charge < -0.3 is 15.1 Å². The third-order valence-corrected chi connectivity index (χ3v) is 5.51. The van der Waals surface area contributed by atoms with Crippen LogP contribution >= 0.6 is 0 Å². The van der Waals surface area contributed by atoms with Gasteiger partial charge in [0.2, 0.25) is 11.8 Å². The van der Waals surface area contributed by atoms with Crippen LogP contribution in [-0.2, 0) is 9.59 Å². The Kier molecular flexibility index (Phi) is 5.72. The normalized spacial score (nSPS) is 21.1. The average molecular weight is 389 g/mol. The van der Waals surface area contributed by atoms with Crippen molar-refractivity contribution in [3.05, 3.63) is 35.6 Å². The molecule has 0 spiro atoms. The molecule has 2 saturated heterocycles. The molecule has 0 radical (unpaired) electrons. The highest BCUT2D eigenvalue weighted by Gasteiger charge is 2.40. The number of nitrogens with one attached hydrogen (secondary N) is 1. The van der Waals surface area contributed by atoms with E-state index < -0.39 is 5.82 Å². The molecule has 2 heterocycles. The summed E-state index contributed by atoms with van der Waals surface area (Å²) in [6.45, 7) is 7.38. The fourth-order valence-electron chi connectivity index (χ4n) is 3.88. The number of hydrogen-bond donors (Lipinski definition) is 1. The third-order valence-electron chi connectivity index (χ3n) is 5.51. The minimum atomic E-state index is -0.427. The van der Waals surface area contributed by atoms with Gasteiger partial charge >= 0.3 is 0 Å². The van der Waals surface area contributed by atoms with Gasteiger partial charge in [-0.05, 0) is 51.8 Å². The molecule has 2 aliphatic heterocycles. The standard InChI is InChI=1S/C21H28FN3O3/c1-21(2,3)25-13-15(12-18(25)26)19(27)23-17-7-9-24(10-8-17)20(28)14-5-4-6-16(22)11-14/h4-6,11,15,17H,7-10,12-13H2,1-3H3,(H,23,27). The van der Waals surface area contributed by atoms with Crippen LogP contribution in [0.2, 0.25) is 0 Å². The molecule has 7 heteroatoms. The second-order valence-corrected chi connectivity index (χ2v) is 8.66. The molecule has 3 rings (SSSR count). The Morgan fingerprint density at radius 3 is 2.43 bits per heavy atom. The van der Waals surface area contributed by atoms with E-state index in [1.807, 2.05) is 20.8 Å². The van der Waals surface area contributed by atoms with Crippen molar-refractivity contribution in [2.75, 3.05) is 19.6 Å². The fourth-order valence-corrected chi connectivity index (χ4v) is 3.88. The molecule has 0 aliphatic carbocycles. The molecule has 1 aromatic carbocycles. The first-order valence-corrected chi connectivity index (χ1v) is 9.81. The Morgan fingerprint density at radius 2 is 1.86 bits per heavy atom. The van der Waals surface area contributed by atoms with Crippen molar-refractivity contribution in [2.45, 2.75) is 51.6 Å². The lowest BCUT2D eigenvalue weighted by Gasteiger charge is -2.33. The highest BCUT2D eigenvalue weighted by Crippen LogP contribution is 2.26. The summed E-state index contributed by atoms with van der Waals surface area (Å²) >= 11 is 0. The second-order valence-electron chi connectivity index (χ2n) is 8.66. The minimum absolute atomic E-state index is 0.0113. The van der Waals surface area contributed by atoms with E-state index in [4.69, 9.17) is 0 Å². The highest BCUT2D eigenvalue weighted by atomic mass is 19.1. The number of nitrogens with zero attached hydrogens (tertiary/aromatic N) is 2. The number of carbonyl (C=O) groups excluding carboxylic acids is 3. The lowest BCUT2D eigenvalue weighted by Crippen LogP contribution is -2.48. The Morgan fingerprint density at radius 1 is 1.18 bits per heavy atom. The summed E-state index contributed by atoms with van der Waals surface area (Å²) in [7, 11) is 0. The Bertz CT molecular complexity index is 766. The first-order valence-electron chi connectivity index (χ1n) is 9.81. The minimum Gasteiger partial charge on any atom is -0.353 e. The predicted molar refractivity (Wildman–Crippen MR) is 103 cm³/mol. The van der Waals surface area contributed by atoms with Crippen LogP contribution in [0.25, 0.3) is 0 Å². The molecule has 0 aromatic heterocycles. The van der Waals surface area contributed by atoms with Gasteiger partial charge in [0.05, 0.1) is 5.92 Å². The van der Waals surface area contributed by atoms with Gasteiger partial charge in [0.15, 0.2) is 0 Å². The van der Waals surface area contributed by atoms with E-state index in [-0.39, 0.29) is 41.6 Å². The molecule has 1 unspecified atom stereocenters. The van der Waals surface area contributed by atoms with Gasteiger partial charge in [-0.25, -0.2) is 4.39 Å². The SMILES string of the molecule is CC(C)(C)N1CC(C(=O)NC2CCN(C(=O)c3cccc(F)c3)CC2)CC1=O. The van der Waals surface area contributed by atoms with Crippen LogP contribution in [0.4, 0.5) is 4.39 Å². The van der Waals surface area contributed by atoms with Crippen LogP contribution in [0.5, 0.6) is 0 Å². The summed E-state index contributed by atoms with van der Waals surface area (Å²) in [6.07, 6.45) is 1.55. The van der Waals surface area contributed by atoms with Gasteiger partial charge in [0, 0.05) is 43.2 Å². The molecule has 0 bridgehead atoms. The zero-order valence-electron chi connectivity index (χ0n) is 16.7. The lowest BCUT2D eigenvalue weighted by atomic mass is 10.0. The zero-order valence-corrected chi connectivity index (χ0v) is 16.7. The topological polar surface area (TPSA) is 69.7 Å². The first kappa shape index (κ1) is 20.3. The molecule has 0 saturated carbocycles. The van der Waals surface area contributed by atoms with E-state index in [0.717, 1.165) is 0 Å². The Balaban J connectivity index is 1.50. The number of likely N-dealkylation sites (tertiary alicyclic amines) is 2. The monoisotopic (exact) mass is 389 g/mol. The molecule has 152 valence electrons. The number of piperidine rings is 1. The van der Waals surface area contributed by atoms with Crippen molar-refractivity contribution < 1.29 is 18.8 Å². The summed E-state index contributed by atoms with van der Waals surface area (Å²) in [6, 6.07) is 5.68. The summed E-state index contributed by atoms with van der Waals surface area (Å²) in [5.41, 5.74) is 0.0589. The summed E-state index contributed by atoms with van der Waals surface area (Å²) in [4.78, 5) is 40.7. The lowest BCUT2D eigenvalue weighted by molar-refractivity contribution is -0.132. The molecule has 1 atom stereocenters. The average Bonchev–Trinajstić information content (AvgIpc) is 3.04. The number of rotatable bonds is 3. The molecule has 3 amide bonds. The van der Waals surface area contributed by atoms with Gasteiger partial charge in [0.25, 0.3) is 5.91 Å². The highest BCUT2D eigenvalue weighted by molar-refractivity contribution is 5.94. The van der Waals surface area contributed by atoms with Gasteiger partial charge in [0.1, 0.15) is 5.82 Å². The summed E-state index contributed by atoms with van der Waals surface area (Å²) in [5.74, 6) is -1.01. The number of carbonyl (C=O) groups is 3. The summed E-state index contributed by atoms with van der Waals surface area (Å²) in [5, 5.41) is 3.05. The van der Waals surface area contributed by atoms with E-state index in [0.29, 0.717) is 38.0 Å². The first-order chi connectivity index (χ1) is 13.1. The molecule has 2 aliphatic rings. The van der Waals surface area contributed by atoms with E-state index in [9.17, 15) is 18.8 Å². The van der Waals surface area contributed by atoms with Gasteiger partial charge in [-0.3, -0.25) is 14.4 Å². The van der Waals surface area contributed by atoms with E-state index in [1.165, 1.54) is 18.2 Å². The van der Waals surface area contributed by atoms with Gasteiger partial charge in [-0.2, -0.15) is 0 Å². The maximum Gasteiger partial charge on any atom is 0.253 e. The van der Waals surface area contributed by atoms with Crippen LogP contribution in [0.3, 0.4) is 0 Å². The Labute approximate surface area is 165 Å². The molecule has 6 nitrogen and oxygen atoms in total. The molecule has 2 fully saturated rings. The molecule has 1 aromatic rings. The smallest absolute Gasteiger partial charge is 0.253 e. The fraction of sp³-hybridized carbons (Fsp3) is 0.571. The van der Waals surface area contributed by atoms with Gasteiger partial charge in [-0.1, -0.05) is 6.07 Å². The molecular formula is C21H28FN3O3. The van der Waals surface area contributed by atoms with E-state index in [1.54, 1.807) is 15.9 Å². The van der Waals surface area contributed by atoms with Crippen LogP contribution in [0.1, 0.15) is 50.4 Å². The number of amides is 3. The number of halogens is 1. The van der Waals surface area contributed by atoms with Crippen LogP contribution < -0.4 is 5.32 Å². The van der Waals surface area contributed by atoms with Crippen molar-refractivity contribution in [3.63, 3.8) is 0 Å². The number of benzene rings is 1. The third kappa shape index (κ3) is 4.51. The quantitative estimate of drug-likeness (QED) is 0.862. The van der Waals surface area contributed by atoms with Crippen molar-refractivity contribution in [1.82, 2.24) is 15.1 Å².